The lowest BCUT2D eigenvalue weighted by Crippen LogP contribution is -2.45. The predicted molar refractivity (Wildman–Crippen MR) is 171 cm³/mol. The third kappa shape index (κ3) is 5.01. The molecule has 7 rings (SSSR count). The number of hydrazone groups is 1. The van der Waals surface area contributed by atoms with Gasteiger partial charge in [-0.2, -0.15) is 10.2 Å². The van der Waals surface area contributed by atoms with E-state index in [0.29, 0.717) is 5.69 Å². The molecular formula is C35H34N6O5. The van der Waals surface area contributed by atoms with E-state index in [2.05, 4.69) is 16.4 Å². The molecule has 0 aromatic heterocycles. The van der Waals surface area contributed by atoms with Gasteiger partial charge in [0.15, 0.2) is 12.1 Å². The van der Waals surface area contributed by atoms with E-state index in [-0.39, 0.29) is 24.4 Å². The van der Waals surface area contributed by atoms with Gasteiger partial charge in [0.05, 0.1) is 31.7 Å². The highest BCUT2D eigenvalue weighted by Gasteiger charge is 2.56. The second-order valence-corrected chi connectivity index (χ2v) is 11.9. The highest BCUT2D eigenvalue weighted by Crippen LogP contribution is 2.45. The summed E-state index contributed by atoms with van der Waals surface area (Å²) in [5.41, 5.74) is 5.23. The van der Waals surface area contributed by atoms with Crippen molar-refractivity contribution in [2.45, 2.75) is 44.3 Å². The van der Waals surface area contributed by atoms with Gasteiger partial charge in [-0.1, -0.05) is 47.7 Å². The van der Waals surface area contributed by atoms with Crippen LogP contribution in [0.15, 0.2) is 93.8 Å². The van der Waals surface area contributed by atoms with E-state index in [1.54, 1.807) is 26.4 Å². The number of hydrogen-bond donors (Lipinski definition) is 0. The quantitative estimate of drug-likeness (QED) is 0.339. The van der Waals surface area contributed by atoms with Crippen LogP contribution >= 0.6 is 0 Å². The number of fused-ring (bicyclic) bond motifs is 2. The minimum absolute atomic E-state index is 0.0187. The Morgan fingerprint density at radius 2 is 1.61 bits per heavy atom. The molecule has 1 saturated heterocycles. The highest BCUT2D eigenvalue weighted by atomic mass is 16.5. The summed E-state index contributed by atoms with van der Waals surface area (Å²) in [5, 5.41) is 16.1. The number of rotatable bonds is 7. The average molecular weight is 619 g/mol. The number of ether oxygens (including phenoxy) is 2. The molecule has 4 aliphatic rings. The molecule has 2 fully saturated rings. The van der Waals surface area contributed by atoms with E-state index in [1.165, 1.54) is 14.9 Å². The van der Waals surface area contributed by atoms with Crippen LogP contribution < -0.4 is 14.4 Å². The summed E-state index contributed by atoms with van der Waals surface area (Å²) in [5.74, 6) is 0.259. The molecule has 1 saturated carbocycles. The Labute approximate surface area is 266 Å². The number of benzene rings is 3. The molecule has 3 aromatic rings. The Balaban J connectivity index is 1.19. The minimum atomic E-state index is -0.996. The van der Waals surface area contributed by atoms with Crippen LogP contribution in [0.1, 0.15) is 42.0 Å². The van der Waals surface area contributed by atoms with Crippen molar-refractivity contribution < 1.29 is 23.9 Å². The second-order valence-electron chi connectivity index (χ2n) is 11.9. The van der Waals surface area contributed by atoms with E-state index in [0.717, 1.165) is 58.7 Å². The molecule has 0 N–H and O–H groups in total. The zero-order chi connectivity index (χ0) is 31.9. The topological polar surface area (TPSA) is 116 Å². The van der Waals surface area contributed by atoms with Crippen molar-refractivity contribution in [1.82, 2.24) is 10.0 Å². The summed E-state index contributed by atoms with van der Waals surface area (Å²) in [6, 6.07) is 20.4. The molecule has 0 bridgehead atoms. The number of para-hydroxylation sites is 1. The lowest BCUT2D eigenvalue weighted by molar-refractivity contribution is -0.136. The van der Waals surface area contributed by atoms with Crippen molar-refractivity contribution in [3.63, 3.8) is 0 Å². The van der Waals surface area contributed by atoms with Crippen LogP contribution in [0.2, 0.25) is 0 Å². The maximum atomic E-state index is 14.2. The number of imide groups is 1. The molecule has 4 atom stereocenters. The summed E-state index contributed by atoms with van der Waals surface area (Å²) in [4.78, 5) is 42.3. The Hall–Kier alpha value is -5.32. The van der Waals surface area contributed by atoms with E-state index >= 15 is 0 Å². The number of aryl methyl sites for hydroxylation is 1. The van der Waals surface area contributed by atoms with Crippen LogP contribution in [0.3, 0.4) is 0 Å². The van der Waals surface area contributed by atoms with Crippen molar-refractivity contribution in [3.8, 4) is 11.5 Å². The van der Waals surface area contributed by atoms with Gasteiger partial charge in [-0.25, -0.2) is 9.91 Å². The molecular weight excluding hydrogens is 584 g/mol. The van der Waals surface area contributed by atoms with Gasteiger partial charge < -0.3 is 9.47 Å². The molecule has 11 heteroatoms. The highest BCUT2D eigenvalue weighted by molar-refractivity contribution is 6.25. The monoisotopic (exact) mass is 618 g/mol. The fourth-order valence-corrected chi connectivity index (χ4v) is 6.86. The molecule has 234 valence electrons. The van der Waals surface area contributed by atoms with Crippen LogP contribution in [0, 0.1) is 12.8 Å². The molecule has 3 aliphatic heterocycles. The Kier molecular flexibility index (Phi) is 7.59. The molecule has 0 radical (unpaired) electrons. The third-order valence-electron chi connectivity index (χ3n) is 9.18. The fraction of sp³-hybridized carbons (Fsp3) is 0.314. The van der Waals surface area contributed by atoms with Crippen LogP contribution in [0.5, 0.6) is 11.5 Å². The molecule has 3 amide bonds. The number of amides is 3. The van der Waals surface area contributed by atoms with Gasteiger partial charge in [0, 0.05) is 5.92 Å². The number of allylic oxidation sites excluding steroid dienone is 1. The van der Waals surface area contributed by atoms with Crippen LogP contribution in [-0.2, 0) is 14.4 Å². The second kappa shape index (κ2) is 11.9. The van der Waals surface area contributed by atoms with Gasteiger partial charge in [-0.3, -0.25) is 19.4 Å². The van der Waals surface area contributed by atoms with Crippen molar-refractivity contribution in [3.05, 3.63) is 95.1 Å². The SMILES string of the molecule is COc1ccc(/C=C2\CCCC3C2=NN(C(=O)CN2N=NC4C(=O)N(c5ccccc5C)C(=O)C42)C3c2ccc(OC)cc2)cc1. The number of methoxy groups -OCH3 is 2. The number of carbonyl (C=O) groups excluding carboxylic acids is 3. The number of carbonyl (C=O) groups is 3. The first-order chi connectivity index (χ1) is 22.4. The maximum absolute atomic E-state index is 14.2. The molecule has 3 aromatic carbocycles. The summed E-state index contributed by atoms with van der Waals surface area (Å²) in [6.07, 6.45) is 4.79. The van der Waals surface area contributed by atoms with Gasteiger partial charge >= 0.3 is 0 Å². The molecule has 3 heterocycles. The Bertz CT molecular complexity index is 1780. The van der Waals surface area contributed by atoms with Gasteiger partial charge in [0.2, 0.25) is 0 Å². The van der Waals surface area contributed by atoms with Crippen LogP contribution in [0.25, 0.3) is 6.08 Å². The number of nitrogens with zero attached hydrogens (tertiary/aromatic N) is 6. The van der Waals surface area contributed by atoms with E-state index < -0.39 is 23.9 Å². The average Bonchev–Trinajstić information content (AvgIpc) is 3.75. The normalized spacial score (nSPS) is 24.4. The standard InChI is InChI=1S/C35H34N6O5/c1-21-7-4-5-10-28(21)40-34(43)31-33(35(40)44)39(38-36-31)20-29(42)41-32(23-13-17-26(46-3)18-14-23)27-9-6-8-24(30(27)37-41)19-22-11-15-25(45-2)16-12-22/h4-5,7,10-19,27,31-33H,6,8-9,20H2,1-3H3/b24-19+. The van der Waals surface area contributed by atoms with Crippen molar-refractivity contribution in [2.75, 3.05) is 25.7 Å². The molecule has 4 unspecified atom stereocenters. The Morgan fingerprint density at radius 3 is 2.30 bits per heavy atom. The molecule has 0 spiro atoms. The first kappa shape index (κ1) is 29.4. The lowest BCUT2D eigenvalue weighted by Gasteiger charge is -2.30. The summed E-state index contributed by atoms with van der Waals surface area (Å²) in [7, 11) is 3.26. The summed E-state index contributed by atoms with van der Waals surface area (Å²) in [6.45, 7) is 1.59. The molecule has 11 nitrogen and oxygen atoms in total. The van der Waals surface area contributed by atoms with Gasteiger partial charge in [-0.05, 0) is 84.9 Å². The van der Waals surface area contributed by atoms with Gasteiger partial charge in [0.1, 0.15) is 18.0 Å². The van der Waals surface area contributed by atoms with Gasteiger partial charge in [-0.15, -0.1) is 0 Å². The van der Waals surface area contributed by atoms with Crippen molar-refractivity contribution in [2.24, 2.45) is 21.4 Å². The smallest absolute Gasteiger partial charge is 0.264 e. The lowest BCUT2D eigenvalue weighted by atomic mass is 9.77. The van der Waals surface area contributed by atoms with Crippen molar-refractivity contribution >= 4 is 35.2 Å². The first-order valence-electron chi connectivity index (χ1n) is 15.4. The summed E-state index contributed by atoms with van der Waals surface area (Å²) < 4.78 is 10.7. The van der Waals surface area contributed by atoms with Crippen LogP contribution in [0.4, 0.5) is 5.69 Å². The number of anilines is 1. The first-order valence-corrected chi connectivity index (χ1v) is 15.4. The van der Waals surface area contributed by atoms with Gasteiger partial charge in [0.25, 0.3) is 17.7 Å². The largest absolute Gasteiger partial charge is 0.497 e. The fourth-order valence-electron chi connectivity index (χ4n) is 6.86. The number of hydrogen-bond acceptors (Lipinski definition) is 9. The maximum Gasteiger partial charge on any atom is 0.264 e. The van der Waals surface area contributed by atoms with Crippen LogP contribution in [-0.4, -0.2) is 66.3 Å². The predicted octanol–water partition coefficient (Wildman–Crippen LogP) is 5.13. The molecule has 1 aliphatic carbocycles. The zero-order valence-electron chi connectivity index (χ0n) is 25.9. The zero-order valence-corrected chi connectivity index (χ0v) is 25.9. The van der Waals surface area contributed by atoms with Crippen molar-refractivity contribution in [1.29, 1.82) is 0 Å². The van der Waals surface area contributed by atoms with E-state index in [9.17, 15) is 14.4 Å². The summed E-state index contributed by atoms with van der Waals surface area (Å²) >= 11 is 0. The molecule has 46 heavy (non-hydrogen) atoms. The minimum Gasteiger partial charge on any atom is -0.497 e. The Morgan fingerprint density at radius 1 is 0.913 bits per heavy atom. The van der Waals surface area contributed by atoms with E-state index in [1.807, 2.05) is 67.6 Å². The van der Waals surface area contributed by atoms with E-state index in [4.69, 9.17) is 14.6 Å². The third-order valence-corrected chi connectivity index (χ3v) is 9.18.